The quantitative estimate of drug-likeness (QED) is 0.195. The normalized spacial score (nSPS) is 18.9. The van der Waals surface area contributed by atoms with Crippen LogP contribution in [0.15, 0.2) is 36.9 Å². The summed E-state index contributed by atoms with van der Waals surface area (Å²) in [6, 6.07) is 7.87. The van der Waals surface area contributed by atoms with Gasteiger partial charge in [-0.05, 0) is 42.2 Å². The maximum atomic E-state index is 6.23. The van der Waals surface area contributed by atoms with Gasteiger partial charge in [0.25, 0.3) is 0 Å². The molecule has 1 aliphatic rings. The number of hydrogen-bond acceptors (Lipinski definition) is 5. The standard InChI is InChI=1S/C23H38O5Si/c1-8-20(26-16-18-10-12-19(24-5)13-11-18)22(21-17-27-21)25-14-9-15-28-29(6,7)23(2,3)4/h8,10-13,20-22H,1,9,14-17H2,2-7H3/t20-,21-,22+/m1/s1. The zero-order chi connectivity index (χ0) is 21.5. The molecule has 6 heteroatoms. The maximum Gasteiger partial charge on any atom is 0.191 e. The van der Waals surface area contributed by atoms with E-state index in [1.165, 1.54) is 0 Å². The van der Waals surface area contributed by atoms with E-state index in [2.05, 4.69) is 40.4 Å². The molecule has 0 aromatic heterocycles. The summed E-state index contributed by atoms with van der Waals surface area (Å²) in [4.78, 5) is 0. The van der Waals surface area contributed by atoms with Crippen LogP contribution < -0.4 is 4.74 Å². The van der Waals surface area contributed by atoms with E-state index in [-0.39, 0.29) is 23.4 Å². The van der Waals surface area contributed by atoms with Crippen molar-refractivity contribution in [1.29, 1.82) is 0 Å². The van der Waals surface area contributed by atoms with Crippen LogP contribution in [0.2, 0.25) is 18.1 Å². The lowest BCUT2D eigenvalue weighted by atomic mass is 10.1. The molecule has 0 aliphatic carbocycles. The molecule has 3 atom stereocenters. The van der Waals surface area contributed by atoms with Gasteiger partial charge in [0, 0.05) is 13.2 Å². The summed E-state index contributed by atoms with van der Waals surface area (Å²) in [6.45, 7) is 17.8. The van der Waals surface area contributed by atoms with Crippen LogP contribution in [0, 0.1) is 0 Å². The number of ether oxygens (including phenoxy) is 4. The van der Waals surface area contributed by atoms with E-state index in [1.54, 1.807) is 7.11 Å². The highest BCUT2D eigenvalue weighted by Crippen LogP contribution is 2.36. The molecule has 2 rings (SSSR count). The second-order valence-electron chi connectivity index (χ2n) is 9.03. The lowest BCUT2D eigenvalue weighted by Crippen LogP contribution is -2.41. The summed E-state index contributed by atoms with van der Waals surface area (Å²) >= 11 is 0. The van der Waals surface area contributed by atoms with Crippen molar-refractivity contribution in [2.45, 2.75) is 70.2 Å². The lowest BCUT2D eigenvalue weighted by molar-refractivity contribution is -0.0702. The van der Waals surface area contributed by atoms with Crippen LogP contribution in [0.5, 0.6) is 5.75 Å². The molecule has 0 saturated carbocycles. The van der Waals surface area contributed by atoms with Crippen LogP contribution in [-0.2, 0) is 25.2 Å². The van der Waals surface area contributed by atoms with Crippen LogP contribution in [0.3, 0.4) is 0 Å². The van der Waals surface area contributed by atoms with E-state index in [0.717, 1.165) is 24.3 Å². The molecule has 0 amide bonds. The van der Waals surface area contributed by atoms with Crippen LogP contribution >= 0.6 is 0 Å². The smallest absolute Gasteiger partial charge is 0.191 e. The van der Waals surface area contributed by atoms with Gasteiger partial charge in [0.05, 0.1) is 20.3 Å². The molecule has 164 valence electrons. The van der Waals surface area contributed by atoms with Gasteiger partial charge in [-0.3, -0.25) is 0 Å². The van der Waals surface area contributed by atoms with Crippen LogP contribution in [0.4, 0.5) is 0 Å². The molecule has 1 fully saturated rings. The van der Waals surface area contributed by atoms with E-state index in [9.17, 15) is 0 Å². The first-order valence-corrected chi connectivity index (χ1v) is 13.3. The van der Waals surface area contributed by atoms with Gasteiger partial charge in [0.2, 0.25) is 0 Å². The lowest BCUT2D eigenvalue weighted by Gasteiger charge is -2.36. The maximum absolute atomic E-state index is 6.23. The molecule has 0 spiro atoms. The minimum absolute atomic E-state index is 0.0789. The van der Waals surface area contributed by atoms with Gasteiger partial charge >= 0.3 is 0 Å². The molecule has 1 aliphatic heterocycles. The summed E-state index contributed by atoms with van der Waals surface area (Å²) < 4.78 is 29.1. The molecule has 1 aromatic rings. The first-order valence-electron chi connectivity index (χ1n) is 10.4. The monoisotopic (exact) mass is 422 g/mol. The number of methoxy groups -OCH3 is 1. The van der Waals surface area contributed by atoms with Crippen molar-refractivity contribution in [2.24, 2.45) is 0 Å². The van der Waals surface area contributed by atoms with E-state index in [1.807, 2.05) is 30.3 Å². The zero-order valence-electron chi connectivity index (χ0n) is 18.9. The summed E-state index contributed by atoms with van der Waals surface area (Å²) in [5, 5.41) is 0.224. The molecular formula is C23H38O5Si. The average Bonchev–Trinajstić information content (AvgIpc) is 3.51. The number of epoxide rings is 1. The minimum atomic E-state index is -1.71. The molecule has 0 bridgehead atoms. The molecule has 0 unspecified atom stereocenters. The van der Waals surface area contributed by atoms with Gasteiger partial charge in [-0.1, -0.05) is 39.0 Å². The number of benzene rings is 1. The fourth-order valence-corrected chi connectivity index (χ4v) is 3.78. The molecule has 0 N–H and O–H groups in total. The SMILES string of the molecule is C=C[C@@H](OCc1ccc(OC)cc1)[C@H](OCCCO[Si](C)(C)C(C)(C)C)[C@H]1CO1. The minimum Gasteiger partial charge on any atom is -0.497 e. The van der Waals surface area contributed by atoms with Crippen molar-refractivity contribution in [2.75, 3.05) is 26.9 Å². The van der Waals surface area contributed by atoms with Gasteiger partial charge < -0.3 is 23.4 Å². The largest absolute Gasteiger partial charge is 0.497 e. The molecule has 29 heavy (non-hydrogen) atoms. The topological polar surface area (TPSA) is 49.5 Å². The van der Waals surface area contributed by atoms with Crippen molar-refractivity contribution < 1.29 is 23.4 Å². The van der Waals surface area contributed by atoms with Crippen molar-refractivity contribution in [3.63, 3.8) is 0 Å². The van der Waals surface area contributed by atoms with E-state index in [4.69, 9.17) is 23.4 Å². The molecule has 1 heterocycles. The Labute approximate surface area is 177 Å². The first-order chi connectivity index (χ1) is 13.7. The summed E-state index contributed by atoms with van der Waals surface area (Å²) in [5.41, 5.74) is 1.08. The van der Waals surface area contributed by atoms with Gasteiger partial charge in [0.1, 0.15) is 24.1 Å². The highest BCUT2D eigenvalue weighted by atomic mass is 28.4. The second-order valence-corrected chi connectivity index (χ2v) is 13.8. The summed E-state index contributed by atoms with van der Waals surface area (Å²) in [5.74, 6) is 0.835. The number of hydrogen-bond donors (Lipinski definition) is 0. The van der Waals surface area contributed by atoms with Gasteiger partial charge in [-0.15, -0.1) is 6.58 Å². The van der Waals surface area contributed by atoms with Crippen molar-refractivity contribution in [1.82, 2.24) is 0 Å². The van der Waals surface area contributed by atoms with Crippen LogP contribution in [-0.4, -0.2) is 53.6 Å². The second kappa shape index (κ2) is 10.7. The highest BCUT2D eigenvalue weighted by Gasteiger charge is 2.39. The predicted molar refractivity (Wildman–Crippen MR) is 119 cm³/mol. The summed E-state index contributed by atoms with van der Waals surface area (Å²) in [6.07, 6.45) is 2.39. The Morgan fingerprint density at radius 1 is 1.17 bits per heavy atom. The summed E-state index contributed by atoms with van der Waals surface area (Å²) in [7, 11) is -0.0465. The van der Waals surface area contributed by atoms with Crippen LogP contribution in [0.25, 0.3) is 0 Å². The van der Waals surface area contributed by atoms with Crippen LogP contribution in [0.1, 0.15) is 32.8 Å². The first kappa shape index (κ1) is 24.1. The third kappa shape index (κ3) is 7.54. The molecule has 1 saturated heterocycles. The zero-order valence-corrected chi connectivity index (χ0v) is 19.9. The molecule has 0 radical (unpaired) electrons. The Morgan fingerprint density at radius 2 is 1.83 bits per heavy atom. The third-order valence-corrected chi connectivity index (χ3v) is 10.3. The number of rotatable bonds is 13. The average molecular weight is 423 g/mol. The van der Waals surface area contributed by atoms with Crippen molar-refractivity contribution >= 4 is 8.32 Å². The van der Waals surface area contributed by atoms with Gasteiger partial charge in [-0.2, -0.15) is 0 Å². The Morgan fingerprint density at radius 3 is 2.34 bits per heavy atom. The van der Waals surface area contributed by atoms with Gasteiger partial charge in [0.15, 0.2) is 8.32 Å². The predicted octanol–water partition coefficient (Wildman–Crippen LogP) is 4.96. The Kier molecular flexibility index (Phi) is 8.91. The van der Waals surface area contributed by atoms with E-state index in [0.29, 0.717) is 19.8 Å². The Hall–Kier alpha value is -1.18. The fourth-order valence-electron chi connectivity index (χ4n) is 2.69. The molecular weight excluding hydrogens is 384 g/mol. The van der Waals surface area contributed by atoms with E-state index >= 15 is 0 Å². The van der Waals surface area contributed by atoms with Gasteiger partial charge in [-0.25, -0.2) is 0 Å². The van der Waals surface area contributed by atoms with Crippen molar-refractivity contribution in [3.05, 3.63) is 42.5 Å². The fraction of sp³-hybridized carbons (Fsp3) is 0.652. The Balaban J connectivity index is 1.78. The van der Waals surface area contributed by atoms with E-state index < -0.39 is 8.32 Å². The third-order valence-electron chi connectivity index (χ3n) is 5.75. The highest BCUT2D eigenvalue weighted by molar-refractivity contribution is 6.74. The molecule has 5 nitrogen and oxygen atoms in total. The Bertz CT molecular complexity index is 619. The molecule has 1 aromatic carbocycles. The van der Waals surface area contributed by atoms with Crippen molar-refractivity contribution in [3.8, 4) is 5.75 Å².